The van der Waals surface area contributed by atoms with Gasteiger partial charge in [0.15, 0.2) is 0 Å². The Morgan fingerprint density at radius 3 is 2.35 bits per heavy atom. The number of benzene rings is 2. The molecule has 0 spiro atoms. The predicted octanol–water partition coefficient (Wildman–Crippen LogP) is 2.57. The van der Waals surface area contributed by atoms with E-state index in [1.54, 1.807) is 11.0 Å². The normalized spacial score (nSPS) is 14.9. The second kappa shape index (κ2) is 8.10. The average molecular weight is 356 g/mol. The van der Waals surface area contributed by atoms with E-state index in [2.05, 4.69) is 4.90 Å². The summed E-state index contributed by atoms with van der Waals surface area (Å²) in [6.07, 6.45) is 0. The predicted molar refractivity (Wildman–Crippen MR) is 95.4 cm³/mol. The van der Waals surface area contributed by atoms with Gasteiger partial charge in [0.2, 0.25) is 0 Å². The molecule has 3 rings (SSSR count). The van der Waals surface area contributed by atoms with Gasteiger partial charge in [0.25, 0.3) is 5.91 Å². The van der Waals surface area contributed by atoms with Gasteiger partial charge in [-0.1, -0.05) is 12.1 Å². The van der Waals surface area contributed by atoms with E-state index in [9.17, 15) is 14.0 Å². The molecule has 0 aliphatic carbocycles. The van der Waals surface area contributed by atoms with Crippen molar-refractivity contribution >= 4 is 11.9 Å². The number of halogens is 1. The highest BCUT2D eigenvalue weighted by Gasteiger charge is 2.22. The smallest absolute Gasteiger partial charge is 0.337 e. The van der Waals surface area contributed by atoms with E-state index < -0.39 is 0 Å². The molecule has 0 N–H and O–H groups in total. The first-order chi connectivity index (χ1) is 12.6. The maximum atomic E-state index is 13.0. The van der Waals surface area contributed by atoms with E-state index in [-0.39, 0.29) is 17.7 Å². The number of carbonyl (C=O) groups excluding carboxylic acids is 2. The van der Waals surface area contributed by atoms with Crippen molar-refractivity contribution in [3.63, 3.8) is 0 Å². The zero-order chi connectivity index (χ0) is 18.5. The monoisotopic (exact) mass is 356 g/mol. The molecule has 1 aliphatic rings. The molecule has 0 atom stereocenters. The van der Waals surface area contributed by atoms with Crippen LogP contribution in [0.2, 0.25) is 0 Å². The van der Waals surface area contributed by atoms with Crippen molar-refractivity contribution in [2.75, 3.05) is 33.3 Å². The highest BCUT2D eigenvalue weighted by atomic mass is 19.1. The van der Waals surface area contributed by atoms with Crippen LogP contribution in [0.1, 0.15) is 26.3 Å². The number of methoxy groups -OCH3 is 1. The minimum Gasteiger partial charge on any atom is -0.465 e. The second-order valence-corrected chi connectivity index (χ2v) is 6.27. The molecule has 1 saturated heterocycles. The zero-order valence-electron chi connectivity index (χ0n) is 14.7. The lowest BCUT2D eigenvalue weighted by molar-refractivity contribution is 0.0595. The number of rotatable bonds is 4. The van der Waals surface area contributed by atoms with E-state index in [0.29, 0.717) is 30.8 Å². The van der Waals surface area contributed by atoms with Crippen LogP contribution in [0.4, 0.5) is 4.39 Å². The Morgan fingerprint density at radius 2 is 1.69 bits per heavy atom. The van der Waals surface area contributed by atoms with Crippen molar-refractivity contribution in [2.24, 2.45) is 0 Å². The van der Waals surface area contributed by atoms with Crippen molar-refractivity contribution in [3.8, 4) is 0 Å². The Hall–Kier alpha value is -2.73. The molecule has 6 heteroatoms. The SMILES string of the molecule is COC(=O)c1cccc(CN2CCN(C(=O)c3ccc(F)cc3)CC2)c1. The molecule has 2 aromatic rings. The van der Waals surface area contributed by atoms with Crippen LogP contribution < -0.4 is 0 Å². The first-order valence-electron chi connectivity index (χ1n) is 8.51. The molecule has 0 bridgehead atoms. The highest BCUT2D eigenvalue weighted by molar-refractivity contribution is 5.94. The summed E-state index contributed by atoms with van der Waals surface area (Å²) in [7, 11) is 1.37. The number of carbonyl (C=O) groups is 2. The van der Waals surface area contributed by atoms with E-state index >= 15 is 0 Å². The fourth-order valence-corrected chi connectivity index (χ4v) is 3.06. The van der Waals surface area contributed by atoms with Crippen LogP contribution in [0.25, 0.3) is 0 Å². The molecule has 1 heterocycles. The molecular formula is C20H21FN2O3. The molecule has 0 aromatic heterocycles. The van der Waals surface area contributed by atoms with E-state index in [4.69, 9.17) is 4.74 Å². The third-order valence-electron chi connectivity index (χ3n) is 4.50. The van der Waals surface area contributed by atoms with E-state index in [1.165, 1.54) is 31.4 Å². The number of nitrogens with zero attached hydrogens (tertiary/aromatic N) is 2. The molecule has 0 radical (unpaired) electrons. The van der Waals surface area contributed by atoms with Crippen LogP contribution in [0.3, 0.4) is 0 Å². The molecular weight excluding hydrogens is 335 g/mol. The Balaban J connectivity index is 1.56. The standard InChI is InChI=1S/C20H21FN2O3/c1-26-20(25)17-4-2-3-15(13-17)14-22-9-11-23(12-10-22)19(24)16-5-7-18(21)8-6-16/h2-8,13H,9-12,14H2,1H3. The van der Waals surface area contributed by atoms with Gasteiger partial charge in [0.05, 0.1) is 12.7 Å². The number of hydrogen-bond donors (Lipinski definition) is 0. The van der Waals surface area contributed by atoms with Gasteiger partial charge in [-0.15, -0.1) is 0 Å². The van der Waals surface area contributed by atoms with Crippen LogP contribution in [0, 0.1) is 5.82 Å². The molecule has 2 aromatic carbocycles. The number of ether oxygens (including phenoxy) is 1. The van der Waals surface area contributed by atoms with Gasteiger partial charge in [-0.25, -0.2) is 9.18 Å². The topological polar surface area (TPSA) is 49.9 Å². The Labute approximate surface area is 152 Å². The lowest BCUT2D eigenvalue weighted by Crippen LogP contribution is -2.48. The molecule has 136 valence electrons. The largest absolute Gasteiger partial charge is 0.465 e. The molecule has 1 amide bonds. The summed E-state index contributed by atoms with van der Waals surface area (Å²) in [5, 5.41) is 0. The maximum absolute atomic E-state index is 13.0. The van der Waals surface area contributed by atoms with Gasteiger partial charge in [-0.3, -0.25) is 9.69 Å². The molecule has 26 heavy (non-hydrogen) atoms. The minimum atomic E-state index is -0.347. The van der Waals surface area contributed by atoms with Crippen molar-refractivity contribution in [2.45, 2.75) is 6.54 Å². The molecule has 0 unspecified atom stereocenters. The van der Waals surface area contributed by atoms with Crippen molar-refractivity contribution in [1.82, 2.24) is 9.80 Å². The summed E-state index contributed by atoms with van der Waals surface area (Å²) in [5.74, 6) is -0.764. The van der Waals surface area contributed by atoms with Gasteiger partial charge in [0.1, 0.15) is 5.82 Å². The van der Waals surface area contributed by atoms with Gasteiger partial charge in [0, 0.05) is 38.3 Å². The van der Waals surface area contributed by atoms with Crippen LogP contribution in [-0.4, -0.2) is 55.0 Å². The second-order valence-electron chi connectivity index (χ2n) is 6.27. The van der Waals surface area contributed by atoms with Crippen molar-refractivity contribution in [1.29, 1.82) is 0 Å². The third kappa shape index (κ3) is 4.26. The Bertz CT molecular complexity index is 784. The van der Waals surface area contributed by atoms with Gasteiger partial charge in [-0.2, -0.15) is 0 Å². The third-order valence-corrected chi connectivity index (χ3v) is 4.50. The summed E-state index contributed by atoms with van der Waals surface area (Å²) < 4.78 is 17.7. The van der Waals surface area contributed by atoms with Crippen molar-refractivity contribution < 1.29 is 18.7 Å². The number of esters is 1. The fourth-order valence-electron chi connectivity index (χ4n) is 3.06. The fraction of sp³-hybridized carbons (Fsp3) is 0.300. The van der Waals surface area contributed by atoms with E-state index in [1.807, 2.05) is 18.2 Å². The first-order valence-corrected chi connectivity index (χ1v) is 8.51. The van der Waals surface area contributed by atoms with Crippen LogP contribution in [0.15, 0.2) is 48.5 Å². The summed E-state index contributed by atoms with van der Waals surface area (Å²) in [5.41, 5.74) is 2.08. The first kappa shape index (κ1) is 18.1. The van der Waals surface area contributed by atoms with Crippen LogP contribution in [0.5, 0.6) is 0 Å². The van der Waals surface area contributed by atoms with Gasteiger partial charge < -0.3 is 9.64 Å². The summed E-state index contributed by atoms with van der Waals surface area (Å²) in [4.78, 5) is 28.1. The Morgan fingerprint density at radius 1 is 1.00 bits per heavy atom. The summed E-state index contributed by atoms with van der Waals surface area (Å²) in [6.45, 7) is 3.44. The number of hydrogen-bond acceptors (Lipinski definition) is 4. The summed E-state index contributed by atoms with van der Waals surface area (Å²) >= 11 is 0. The van der Waals surface area contributed by atoms with Gasteiger partial charge >= 0.3 is 5.97 Å². The maximum Gasteiger partial charge on any atom is 0.337 e. The quantitative estimate of drug-likeness (QED) is 0.790. The minimum absolute atomic E-state index is 0.0719. The lowest BCUT2D eigenvalue weighted by atomic mass is 10.1. The average Bonchev–Trinajstić information content (AvgIpc) is 2.68. The number of piperazine rings is 1. The molecule has 1 aliphatic heterocycles. The molecule has 0 saturated carbocycles. The van der Waals surface area contributed by atoms with Crippen LogP contribution in [-0.2, 0) is 11.3 Å². The molecule has 5 nitrogen and oxygen atoms in total. The summed E-state index contributed by atoms with van der Waals surface area (Å²) in [6, 6.07) is 13.0. The lowest BCUT2D eigenvalue weighted by Gasteiger charge is -2.34. The van der Waals surface area contributed by atoms with Crippen LogP contribution >= 0.6 is 0 Å². The highest BCUT2D eigenvalue weighted by Crippen LogP contribution is 2.14. The van der Waals surface area contributed by atoms with Gasteiger partial charge in [-0.05, 0) is 42.0 Å². The zero-order valence-corrected chi connectivity index (χ0v) is 14.7. The Kier molecular flexibility index (Phi) is 5.63. The number of amides is 1. The van der Waals surface area contributed by atoms with E-state index in [0.717, 1.165) is 18.7 Å². The van der Waals surface area contributed by atoms with Crippen molar-refractivity contribution in [3.05, 3.63) is 71.0 Å². The molecule has 1 fully saturated rings.